The van der Waals surface area contributed by atoms with Crippen LogP contribution in [0, 0.1) is 11.3 Å². The van der Waals surface area contributed by atoms with Crippen LogP contribution in [0.1, 0.15) is 41.1 Å². The van der Waals surface area contributed by atoms with Crippen LogP contribution in [0.4, 0.5) is 4.79 Å². The third kappa shape index (κ3) is 5.86. The number of urea groups is 1. The molecule has 8 heteroatoms. The molecule has 1 atom stereocenters. The second-order valence-corrected chi connectivity index (χ2v) is 10.3. The van der Waals surface area contributed by atoms with Crippen molar-refractivity contribution in [1.82, 2.24) is 24.6 Å². The van der Waals surface area contributed by atoms with Crippen LogP contribution < -0.4 is 0 Å². The Morgan fingerprint density at radius 2 is 1.75 bits per heavy atom. The van der Waals surface area contributed by atoms with Crippen LogP contribution in [0.3, 0.4) is 0 Å². The second-order valence-electron chi connectivity index (χ2n) is 10.3. The number of fused-ring (bicyclic) bond motifs is 1. The molecule has 1 N–H and O–H groups in total. The zero-order valence-electron chi connectivity index (χ0n) is 20.9. The number of nitriles is 1. The Morgan fingerprint density at radius 3 is 2.50 bits per heavy atom. The van der Waals surface area contributed by atoms with E-state index in [9.17, 15) is 9.90 Å². The molecule has 2 aromatic rings. The van der Waals surface area contributed by atoms with E-state index in [-0.39, 0.29) is 6.03 Å². The second kappa shape index (κ2) is 11.4. The number of aromatic nitrogens is 1. The fourth-order valence-corrected chi connectivity index (χ4v) is 5.76. The number of aliphatic hydroxyl groups is 1. The van der Waals surface area contributed by atoms with E-state index in [0.29, 0.717) is 45.2 Å². The third-order valence-electron chi connectivity index (χ3n) is 7.84. The number of rotatable bonds is 8. The molecule has 1 aromatic carbocycles. The van der Waals surface area contributed by atoms with Gasteiger partial charge >= 0.3 is 6.03 Å². The van der Waals surface area contributed by atoms with E-state index in [1.54, 1.807) is 4.90 Å². The highest BCUT2D eigenvalue weighted by atomic mass is 16.3. The van der Waals surface area contributed by atoms with Gasteiger partial charge in [0, 0.05) is 45.5 Å². The number of nitrogens with zero attached hydrogens (tertiary/aromatic N) is 6. The summed E-state index contributed by atoms with van der Waals surface area (Å²) in [4.78, 5) is 25.7. The zero-order valence-corrected chi connectivity index (χ0v) is 20.9. The number of aliphatic hydroxyl groups excluding tert-OH is 1. The van der Waals surface area contributed by atoms with E-state index < -0.39 is 6.10 Å². The summed E-state index contributed by atoms with van der Waals surface area (Å²) in [5.74, 6) is 0.486. The molecular weight excluding hydrogens is 452 g/mol. The minimum atomic E-state index is -0.559. The molecule has 2 saturated heterocycles. The van der Waals surface area contributed by atoms with Crippen LogP contribution in [0.15, 0.2) is 42.6 Å². The summed E-state index contributed by atoms with van der Waals surface area (Å²) in [6.07, 6.45) is 4.50. The molecule has 0 saturated carbocycles. The van der Waals surface area contributed by atoms with Crippen molar-refractivity contribution in [3.05, 3.63) is 65.0 Å². The van der Waals surface area contributed by atoms with Crippen LogP contribution in [0.5, 0.6) is 0 Å². The molecule has 1 aromatic heterocycles. The van der Waals surface area contributed by atoms with Crippen LogP contribution in [-0.2, 0) is 19.5 Å². The number of likely N-dealkylation sites (tertiary alicyclic amines) is 1. The van der Waals surface area contributed by atoms with Gasteiger partial charge in [0.25, 0.3) is 0 Å². The Morgan fingerprint density at radius 1 is 0.972 bits per heavy atom. The molecule has 4 heterocycles. The molecule has 8 nitrogen and oxygen atoms in total. The Bertz CT molecular complexity index is 1080. The summed E-state index contributed by atoms with van der Waals surface area (Å²) in [5, 5.41) is 19.6. The summed E-state index contributed by atoms with van der Waals surface area (Å²) >= 11 is 0. The van der Waals surface area contributed by atoms with Crippen LogP contribution in [0.25, 0.3) is 0 Å². The number of benzene rings is 1. The Labute approximate surface area is 213 Å². The van der Waals surface area contributed by atoms with Crippen molar-refractivity contribution < 1.29 is 9.90 Å². The normalized spacial score (nSPS) is 20.4. The first-order chi connectivity index (χ1) is 17.6. The van der Waals surface area contributed by atoms with Gasteiger partial charge in [0.15, 0.2) is 0 Å². The smallest absolute Gasteiger partial charge is 0.320 e. The Balaban J connectivity index is 1.08. The number of β-amino-alcohol motifs (C(OH)–C–C–N with tert-alkyl or cyclic N) is 1. The molecule has 0 unspecified atom stereocenters. The highest BCUT2D eigenvalue weighted by Crippen LogP contribution is 2.27. The molecule has 3 aliphatic heterocycles. The maximum absolute atomic E-state index is 13.0. The highest BCUT2D eigenvalue weighted by Gasteiger charge is 2.31. The van der Waals surface area contributed by atoms with Crippen molar-refractivity contribution in [3.8, 4) is 6.07 Å². The first-order valence-electron chi connectivity index (χ1n) is 13.1. The standard InChI is InChI=1S/C28H36N6O2/c29-10-14-31-11-7-23(8-12-31)24-5-6-26(30-17-24)19-33-15-16-34(28(33)36)21-27(35)20-32-13-9-22-3-1-2-4-25(22)18-32/h1-6,17,23,27,35H,7-9,11-16,18-21H2/t27-/m1/s1. The van der Waals surface area contributed by atoms with Crippen molar-refractivity contribution in [2.24, 2.45) is 0 Å². The summed E-state index contributed by atoms with van der Waals surface area (Å²) in [7, 11) is 0. The van der Waals surface area contributed by atoms with Gasteiger partial charge in [0.05, 0.1) is 31.0 Å². The van der Waals surface area contributed by atoms with Crippen molar-refractivity contribution in [2.75, 3.05) is 52.4 Å². The quantitative estimate of drug-likeness (QED) is 0.575. The Hall–Kier alpha value is -2.99. The monoisotopic (exact) mass is 488 g/mol. The fourth-order valence-electron chi connectivity index (χ4n) is 5.76. The summed E-state index contributed by atoms with van der Waals surface area (Å²) < 4.78 is 0. The molecule has 3 aliphatic rings. The number of carbonyl (C=O) groups is 1. The van der Waals surface area contributed by atoms with Gasteiger partial charge in [0.1, 0.15) is 0 Å². The number of carbonyl (C=O) groups excluding carboxylic acids is 1. The molecule has 0 radical (unpaired) electrons. The van der Waals surface area contributed by atoms with Gasteiger partial charge < -0.3 is 14.9 Å². The average molecular weight is 489 g/mol. The van der Waals surface area contributed by atoms with Crippen molar-refractivity contribution in [3.63, 3.8) is 0 Å². The summed E-state index contributed by atoms with van der Waals surface area (Å²) in [6, 6.07) is 14.9. The number of hydrogen-bond acceptors (Lipinski definition) is 6. The van der Waals surface area contributed by atoms with Gasteiger partial charge in [-0.15, -0.1) is 0 Å². The maximum Gasteiger partial charge on any atom is 0.320 e. The van der Waals surface area contributed by atoms with E-state index in [4.69, 9.17) is 5.26 Å². The van der Waals surface area contributed by atoms with Crippen LogP contribution in [0.2, 0.25) is 0 Å². The van der Waals surface area contributed by atoms with Crippen LogP contribution in [-0.4, -0.2) is 94.2 Å². The number of piperidine rings is 1. The van der Waals surface area contributed by atoms with Gasteiger partial charge in [0.2, 0.25) is 0 Å². The summed E-state index contributed by atoms with van der Waals surface area (Å²) in [5.41, 5.74) is 4.87. The van der Waals surface area contributed by atoms with E-state index in [1.165, 1.54) is 16.7 Å². The summed E-state index contributed by atoms with van der Waals surface area (Å²) in [6.45, 7) is 6.94. The predicted molar refractivity (Wildman–Crippen MR) is 137 cm³/mol. The largest absolute Gasteiger partial charge is 0.390 e. The topological polar surface area (TPSA) is 86.9 Å². The number of pyridine rings is 1. The third-order valence-corrected chi connectivity index (χ3v) is 7.84. The number of hydrogen-bond donors (Lipinski definition) is 1. The molecule has 190 valence electrons. The lowest BCUT2D eigenvalue weighted by Crippen LogP contribution is -2.43. The minimum absolute atomic E-state index is 0.0196. The lowest BCUT2D eigenvalue weighted by atomic mass is 9.90. The van der Waals surface area contributed by atoms with Gasteiger partial charge in [-0.1, -0.05) is 30.3 Å². The minimum Gasteiger partial charge on any atom is -0.390 e. The van der Waals surface area contributed by atoms with E-state index in [0.717, 1.165) is 51.1 Å². The van der Waals surface area contributed by atoms with E-state index >= 15 is 0 Å². The van der Waals surface area contributed by atoms with Gasteiger partial charge in [-0.05, 0) is 61.0 Å². The molecular formula is C28H36N6O2. The Kier molecular flexibility index (Phi) is 7.81. The van der Waals surface area contributed by atoms with Gasteiger partial charge in [-0.2, -0.15) is 5.26 Å². The van der Waals surface area contributed by atoms with E-state index in [1.807, 2.05) is 17.2 Å². The SMILES string of the molecule is N#CCN1CCC(c2ccc(CN3CCN(C[C@H](O)CN4CCc5ccccc5C4)C3=O)nc2)CC1. The molecule has 36 heavy (non-hydrogen) atoms. The lowest BCUT2D eigenvalue weighted by Gasteiger charge is -2.31. The maximum atomic E-state index is 13.0. The molecule has 2 amide bonds. The predicted octanol–water partition coefficient (Wildman–Crippen LogP) is 2.44. The number of amides is 2. The zero-order chi connectivity index (χ0) is 24.9. The van der Waals surface area contributed by atoms with Crippen molar-refractivity contribution >= 4 is 6.03 Å². The van der Waals surface area contributed by atoms with E-state index in [2.05, 4.69) is 51.2 Å². The molecule has 0 spiro atoms. The van der Waals surface area contributed by atoms with Gasteiger partial charge in [-0.3, -0.25) is 14.8 Å². The molecule has 0 aliphatic carbocycles. The first-order valence-corrected chi connectivity index (χ1v) is 13.1. The molecule has 2 fully saturated rings. The van der Waals surface area contributed by atoms with Gasteiger partial charge in [-0.25, -0.2) is 4.79 Å². The fraction of sp³-hybridized carbons (Fsp3) is 0.536. The molecule has 5 rings (SSSR count). The average Bonchev–Trinajstić information content (AvgIpc) is 3.23. The van der Waals surface area contributed by atoms with Crippen molar-refractivity contribution in [2.45, 2.75) is 44.4 Å². The molecule has 0 bridgehead atoms. The first kappa shape index (κ1) is 24.7. The highest BCUT2D eigenvalue weighted by molar-refractivity contribution is 5.76. The van der Waals surface area contributed by atoms with Crippen molar-refractivity contribution in [1.29, 1.82) is 5.26 Å². The van der Waals surface area contributed by atoms with Crippen LogP contribution >= 0.6 is 0 Å². The lowest BCUT2D eigenvalue weighted by molar-refractivity contribution is 0.0812.